The molecule has 1 amide bonds. The molecule has 0 bridgehead atoms. The molecular weight excluding hydrogens is 408 g/mol. The molecule has 0 aliphatic carbocycles. The number of ether oxygens (including phenoxy) is 1. The van der Waals surface area contributed by atoms with Crippen molar-refractivity contribution in [3.8, 4) is 5.75 Å². The van der Waals surface area contributed by atoms with Crippen molar-refractivity contribution in [2.24, 2.45) is 5.10 Å². The van der Waals surface area contributed by atoms with Gasteiger partial charge in [-0.25, -0.2) is 4.98 Å². The summed E-state index contributed by atoms with van der Waals surface area (Å²) in [6.07, 6.45) is 1.69. The lowest BCUT2D eigenvalue weighted by molar-refractivity contribution is -0.118. The molecule has 0 unspecified atom stereocenters. The van der Waals surface area contributed by atoms with E-state index in [0.717, 1.165) is 32.2 Å². The Kier molecular flexibility index (Phi) is 6.24. The molecule has 4 aromatic rings. The Morgan fingerprint density at radius 2 is 1.94 bits per heavy atom. The molecule has 2 N–H and O–H groups in total. The molecule has 0 radical (unpaired) electrons. The second-order valence-corrected chi connectivity index (χ2v) is 8.10. The van der Waals surface area contributed by atoms with Crippen molar-refractivity contribution >= 4 is 44.5 Å². The zero-order valence-corrected chi connectivity index (χ0v) is 18.1. The summed E-state index contributed by atoms with van der Waals surface area (Å²) >= 11 is 1.54. The summed E-state index contributed by atoms with van der Waals surface area (Å²) in [6, 6.07) is 21.2. The monoisotopic (exact) mass is 430 g/mol. The van der Waals surface area contributed by atoms with Crippen molar-refractivity contribution < 1.29 is 9.53 Å². The van der Waals surface area contributed by atoms with Crippen molar-refractivity contribution in [1.29, 1.82) is 0 Å². The quantitative estimate of drug-likeness (QED) is 0.305. The highest BCUT2D eigenvalue weighted by Crippen LogP contribution is 2.25. The number of rotatable bonds is 7. The molecule has 0 atom stereocenters. The number of amides is 1. The number of nitrogens with zero attached hydrogens (tertiary/aromatic N) is 2. The zero-order chi connectivity index (χ0) is 21.6. The lowest BCUT2D eigenvalue weighted by Crippen LogP contribution is -2.20. The molecule has 0 aliphatic heterocycles. The molecule has 1 heterocycles. The number of carbonyl (C=O) groups excluding carboxylic acids is 1. The highest BCUT2D eigenvalue weighted by molar-refractivity contribution is 7.22. The van der Waals surface area contributed by atoms with E-state index in [1.54, 1.807) is 17.6 Å². The van der Waals surface area contributed by atoms with Gasteiger partial charge in [-0.3, -0.25) is 10.2 Å². The van der Waals surface area contributed by atoms with Crippen LogP contribution in [0.4, 0.5) is 10.8 Å². The number of benzene rings is 3. The Morgan fingerprint density at radius 1 is 1.06 bits per heavy atom. The van der Waals surface area contributed by atoms with E-state index in [4.69, 9.17) is 4.74 Å². The van der Waals surface area contributed by atoms with E-state index in [1.807, 2.05) is 80.6 Å². The maximum Gasteiger partial charge on any atom is 0.262 e. The van der Waals surface area contributed by atoms with Crippen LogP contribution in [0.5, 0.6) is 5.75 Å². The van der Waals surface area contributed by atoms with Crippen LogP contribution in [0.3, 0.4) is 0 Å². The third-order valence-electron chi connectivity index (χ3n) is 4.69. The lowest BCUT2D eigenvalue weighted by Gasteiger charge is -2.09. The number of hydrogen-bond donors (Lipinski definition) is 2. The first-order chi connectivity index (χ1) is 15.1. The number of carbonyl (C=O) groups is 1. The van der Waals surface area contributed by atoms with Crippen LogP contribution in [0.15, 0.2) is 71.8 Å². The van der Waals surface area contributed by atoms with Gasteiger partial charge < -0.3 is 10.1 Å². The molecule has 3 aromatic carbocycles. The summed E-state index contributed by atoms with van der Waals surface area (Å²) in [7, 11) is 0. The first-order valence-corrected chi connectivity index (χ1v) is 10.6. The topological polar surface area (TPSA) is 75.6 Å². The number of aromatic nitrogens is 1. The van der Waals surface area contributed by atoms with Crippen LogP contribution in [0.2, 0.25) is 0 Å². The molecule has 31 heavy (non-hydrogen) atoms. The third-order valence-corrected chi connectivity index (χ3v) is 5.63. The molecule has 0 saturated heterocycles. The fraction of sp³-hybridized carbons (Fsp3) is 0.125. The number of para-hydroxylation sites is 1. The van der Waals surface area contributed by atoms with E-state index in [2.05, 4.69) is 20.8 Å². The van der Waals surface area contributed by atoms with Crippen molar-refractivity contribution in [2.45, 2.75) is 13.8 Å². The van der Waals surface area contributed by atoms with Crippen LogP contribution < -0.4 is 15.5 Å². The summed E-state index contributed by atoms with van der Waals surface area (Å²) in [5, 5.41) is 7.83. The van der Waals surface area contributed by atoms with E-state index in [1.165, 1.54) is 5.56 Å². The van der Waals surface area contributed by atoms with Crippen LogP contribution in [0.1, 0.15) is 16.7 Å². The van der Waals surface area contributed by atoms with E-state index in [9.17, 15) is 4.79 Å². The van der Waals surface area contributed by atoms with Crippen LogP contribution in [0, 0.1) is 13.8 Å². The van der Waals surface area contributed by atoms with Crippen LogP contribution >= 0.6 is 11.3 Å². The minimum absolute atomic E-state index is 0.0719. The summed E-state index contributed by atoms with van der Waals surface area (Å²) in [5.41, 5.74) is 7.83. The molecule has 0 spiro atoms. The highest BCUT2D eigenvalue weighted by Gasteiger charge is 2.05. The van der Waals surface area contributed by atoms with Gasteiger partial charge in [-0.2, -0.15) is 5.10 Å². The van der Waals surface area contributed by atoms with Crippen LogP contribution in [-0.2, 0) is 4.79 Å². The van der Waals surface area contributed by atoms with E-state index in [-0.39, 0.29) is 12.5 Å². The van der Waals surface area contributed by atoms with Gasteiger partial charge in [-0.05, 0) is 66.9 Å². The Hall–Kier alpha value is -3.71. The van der Waals surface area contributed by atoms with Crippen molar-refractivity contribution in [1.82, 2.24) is 4.98 Å². The van der Waals surface area contributed by atoms with Gasteiger partial charge in [0.1, 0.15) is 5.75 Å². The fourth-order valence-electron chi connectivity index (χ4n) is 2.93. The lowest BCUT2D eigenvalue weighted by atomic mass is 10.1. The Balaban J connectivity index is 1.31. The Labute approximate surface area is 184 Å². The predicted octanol–water partition coefficient (Wildman–Crippen LogP) is 5.38. The summed E-state index contributed by atoms with van der Waals surface area (Å²) < 4.78 is 6.74. The summed E-state index contributed by atoms with van der Waals surface area (Å²) in [4.78, 5) is 16.7. The summed E-state index contributed by atoms with van der Waals surface area (Å²) in [5.74, 6) is 0.388. The maximum absolute atomic E-state index is 12.2. The average molecular weight is 431 g/mol. The smallest absolute Gasteiger partial charge is 0.262 e. The molecule has 4 rings (SSSR count). The average Bonchev–Trinajstić information content (AvgIpc) is 3.18. The van der Waals surface area contributed by atoms with Gasteiger partial charge >= 0.3 is 0 Å². The fourth-order valence-corrected chi connectivity index (χ4v) is 3.75. The molecule has 0 saturated carbocycles. The third kappa shape index (κ3) is 5.46. The Bertz CT molecular complexity index is 1220. The molecular formula is C24H22N4O2S. The number of anilines is 2. The minimum Gasteiger partial charge on any atom is -0.484 e. The number of aryl methyl sites for hydroxylation is 2. The van der Waals surface area contributed by atoms with E-state index in [0.29, 0.717) is 5.75 Å². The predicted molar refractivity (Wildman–Crippen MR) is 127 cm³/mol. The zero-order valence-electron chi connectivity index (χ0n) is 17.3. The van der Waals surface area contributed by atoms with Gasteiger partial charge in [0.25, 0.3) is 5.91 Å². The standard InChI is InChI=1S/C24H22N4O2S/c1-16-10-11-19(12-17(16)2)26-23(29)15-30-20-7-5-6-18(13-20)14-25-28-24-27-21-8-3-4-9-22(21)31-24/h3-14H,15H2,1-2H3,(H,26,29)(H,27,28). The van der Waals surface area contributed by atoms with Gasteiger partial charge in [0.15, 0.2) is 6.61 Å². The first-order valence-electron chi connectivity index (χ1n) is 9.81. The molecule has 0 aliphatic rings. The van der Waals surface area contributed by atoms with Crippen LogP contribution in [-0.4, -0.2) is 23.7 Å². The second kappa shape index (κ2) is 9.40. The number of thiazole rings is 1. The first kappa shape index (κ1) is 20.6. The SMILES string of the molecule is Cc1ccc(NC(=O)COc2cccc(C=NNc3nc4ccccc4s3)c2)cc1C. The van der Waals surface area contributed by atoms with Gasteiger partial charge in [0.05, 0.1) is 16.4 Å². The minimum atomic E-state index is -0.208. The van der Waals surface area contributed by atoms with Crippen molar-refractivity contribution in [3.05, 3.63) is 83.4 Å². The van der Waals surface area contributed by atoms with E-state index < -0.39 is 0 Å². The number of fused-ring (bicyclic) bond motifs is 1. The Morgan fingerprint density at radius 3 is 2.77 bits per heavy atom. The molecule has 1 aromatic heterocycles. The van der Waals surface area contributed by atoms with Crippen molar-refractivity contribution in [2.75, 3.05) is 17.3 Å². The normalized spacial score (nSPS) is 11.0. The molecule has 0 fully saturated rings. The maximum atomic E-state index is 12.2. The number of hydrogen-bond acceptors (Lipinski definition) is 6. The van der Waals surface area contributed by atoms with Gasteiger partial charge in [-0.1, -0.05) is 41.7 Å². The molecule has 156 valence electrons. The highest BCUT2D eigenvalue weighted by atomic mass is 32.1. The molecule has 7 heteroatoms. The number of hydrazone groups is 1. The molecule has 6 nitrogen and oxygen atoms in total. The summed E-state index contributed by atoms with van der Waals surface area (Å²) in [6.45, 7) is 3.98. The van der Waals surface area contributed by atoms with Crippen molar-refractivity contribution in [3.63, 3.8) is 0 Å². The van der Waals surface area contributed by atoms with Gasteiger partial charge in [0.2, 0.25) is 5.13 Å². The van der Waals surface area contributed by atoms with Gasteiger partial charge in [-0.15, -0.1) is 0 Å². The second-order valence-electron chi connectivity index (χ2n) is 7.07. The van der Waals surface area contributed by atoms with E-state index >= 15 is 0 Å². The largest absolute Gasteiger partial charge is 0.484 e. The van der Waals surface area contributed by atoms with Crippen LogP contribution in [0.25, 0.3) is 10.2 Å². The number of nitrogens with one attached hydrogen (secondary N) is 2. The van der Waals surface area contributed by atoms with Gasteiger partial charge in [0, 0.05) is 5.69 Å².